The number of Topliss-reactive ketones (excluding diaryl/α,β-unsaturated/α-hetero) is 1. The number of ketones is 1. The molecule has 3 N–H and O–H groups in total. The topological polar surface area (TPSA) is 110 Å². The van der Waals surface area contributed by atoms with Crippen LogP contribution in [0.1, 0.15) is 42.2 Å². The van der Waals surface area contributed by atoms with Gasteiger partial charge >= 0.3 is 0 Å². The summed E-state index contributed by atoms with van der Waals surface area (Å²) < 4.78 is 5.82. The number of aromatic nitrogens is 2. The van der Waals surface area contributed by atoms with Crippen molar-refractivity contribution in [3.05, 3.63) is 41.0 Å². The van der Waals surface area contributed by atoms with E-state index in [9.17, 15) is 9.59 Å². The van der Waals surface area contributed by atoms with Crippen LogP contribution in [0.5, 0.6) is 5.75 Å². The summed E-state index contributed by atoms with van der Waals surface area (Å²) in [6.07, 6.45) is 6.49. The second-order valence-corrected chi connectivity index (χ2v) is 10.0. The standard InChI is InChI=1S/C26H29N5O3S/c1-3-15-11-20(21(34-4-2)13-19(15)27)30-24-23-18-6-5-16(12-22(18)35-25(23)29-14-28-24)26(33)31-9-7-17(32)8-10-31/h3,11,13-14,16H,1,4-10,12,27H2,2H3,(H,28,29,30). The molecule has 1 aromatic carbocycles. The van der Waals surface area contributed by atoms with Gasteiger partial charge in [0.15, 0.2) is 0 Å². The molecule has 3 heterocycles. The zero-order valence-electron chi connectivity index (χ0n) is 19.8. The van der Waals surface area contributed by atoms with Gasteiger partial charge in [0.2, 0.25) is 5.91 Å². The number of carbonyl (C=O) groups is 2. The van der Waals surface area contributed by atoms with Gasteiger partial charge in [-0.05, 0) is 43.4 Å². The molecular weight excluding hydrogens is 462 g/mol. The molecule has 1 fully saturated rings. The van der Waals surface area contributed by atoms with Crippen molar-refractivity contribution in [2.75, 3.05) is 30.7 Å². The molecule has 0 radical (unpaired) electrons. The average Bonchev–Trinajstić information content (AvgIpc) is 3.24. The van der Waals surface area contributed by atoms with Crippen LogP contribution in [0.4, 0.5) is 17.2 Å². The molecule has 0 spiro atoms. The Morgan fingerprint density at radius 2 is 2.11 bits per heavy atom. The first-order valence-corrected chi connectivity index (χ1v) is 12.8. The molecule has 1 saturated heterocycles. The number of likely N-dealkylation sites (tertiary alicyclic amines) is 1. The SMILES string of the molecule is C=Cc1cc(Nc2ncnc3sc4c(c23)CCC(C(=O)N2CCC(=O)CC2)C4)c(OCC)cc1N. The first-order valence-electron chi connectivity index (χ1n) is 12.0. The van der Waals surface area contributed by atoms with Crippen LogP contribution < -0.4 is 15.8 Å². The largest absolute Gasteiger partial charge is 0.492 e. The number of hydrogen-bond donors (Lipinski definition) is 2. The van der Waals surface area contributed by atoms with E-state index in [4.69, 9.17) is 10.5 Å². The summed E-state index contributed by atoms with van der Waals surface area (Å²) in [7, 11) is 0. The molecule has 3 aromatic rings. The third-order valence-corrected chi connectivity index (χ3v) is 7.95. The van der Waals surface area contributed by atoms with E-state index in [1.807, 2.05) is 17.9 Å². The van der Waals surface area contributed by atoms with Gasteiger partial charge in [0, 0.05) is 48.5 Å². The Hall–Kier alpha value is -3.46. The lowest BCUT2D eigenvalue weighted by atomic mass is 9.86. The molecule has 1 atom stereocenters. The lowest BCUT2D eigenvalue weighted by Crippen LogP contribution is -2.43. The summed E-state index contributed by atoms with van der Waals surface area (Å²) in [5, 5.41) is 4.45. The molecule has 9 heteroatoms. The van der Waals surface area contributed by atoms with E-state index in [0.717, 1.165) is 34.3 Å². The van der Waals surface area contributed by atoms with Gasteiger partial charge in [-0.3, -0.25) is 9.59 Å². The van der Waals surface area contributed by atoms with Crippen LogP contribution >= 0.6 is 11.3 Å². The first-order chi connectivity index (χ1) is 17.0. The van der Waals surface area contributed by atoms with Crippen molar-refractivity contribution in [2.24, 2.45) is 5.92 Å². The highest BCUT2D eigenvalue weighted by atomic mass is 32.1. The highest BCUT2D eigenvalue weighted by Crippen LogP contribution is 2.42. The molecule has 1 aliphatic carbocycles. The predicted octanol–water partition coefficient (Wildman–Crippen LogP) is 4.36. The summed E-state index contributed by atoms with van der Waals surface area (Å²) in [6, 6.07) is 3.72. The predicted molar refractivity (Wildman–Crippen MR) is 139 cm³/mol. The number of amides is 1. The van der Waals surface area contributed by atoms with Crippen LogP contribution in [0.2, 0.25) is 0 Å². The Morgan fingerprint density at radius 3 is 2.86 bits per heavy atom. The molecule has 35 heavy (non-hydrogen) atoms. The Labute approximate surface area is 208 Å². The van der Waals surface area contributed by atoms with Gasteiger partial charge in [-0.1, -0.05) is 12.7 Å². The van der Waals surface area contributed by atoms with Crippen molar-refractivity contribution < 1.29 is 14.3 Å². The number of nitrogens with two attached hydrogens (primary N) is 1. The Morgan fingerprint density at radius 1 is 1.31 bits per heavy atom. The Kier molecular flexibility index (Phi) is 6.42. The second-order valence-electron chi connectivity index (χ2n) is 8.95. The lowest BCUT2D eigenvalue weighted by molar-refractivity contribution is -0.138. The number of nitrogen functional groups attached to an aromatic ring is 1. The minimum atomic E-state index is -0.0510. The van der Waals surface area contributed by atoms with Crippen LogP contribution in [0, 0.1) is 5.92 Å². The maximum atomic E-state index is 13.1. The second kappa shape index (κ2) is 9.65. The number of thiophene rings is 1. The minimum Gasteiger partial charge on any atom is -0.492 e. The summed E-state index contributed by atoms with van der Waals surface area (Å²) in [6.45, 7) is 7.38. The van der Waals surface area contributed by atoms with Crippen LogP contribution in [0.15, 0.2) is 25.0 Å². The van der Waals surface area contributed by atoms with E-state index < -0.39 is 0 Å². The minimum absolute atomic E-state index is 0.0510. The van der Waals surface area contributed by atoms with Crippen molar-refractivity contribution in [1.82, 2.24) is 14.9 Å². The number of anilines is 3. The number of nitrogens with zero attached hydrogens (tertiary/aromatic N) is 3. The van der Waals surface area contributed by atoms with Gasteiger partial charge in [0.1, 0.15) is 28.5 Å². The van der Waals surface area contributed by atoms with E-state index in [0.29, 0.717) is 56.2 Å². The van der Waals surface area contributed by atoms with E-state index in [1.165, 1.54) is 10.4 Å². The van der Waals surface area contributed by atoms with Gasteiger partial charge < -0.3 is 20.7 Å². The quantitative estimate of drug-likeness (QED) is 0.493. The number of hydrogen-bond acceptors (Lipinski definition) is 8. The van der Waals surface area contributed by atoms with Gasteiger partial charge in [-0.25, -0.2) is 9.97 Å². The highest BCUT2D eigenvalue weighted by molar-refractivity contribution is 7.19. The number of piperidine rings is 1. The molecule has 0 saturated carbocycles. The van der Waals surface area contributed by atoms with Crippen LogP contribution in [-0.2, 0) is 22.4 Å². The normalized spacial score (nSPS) is 17.8. The number of ether oxygens (including phenoxy) is 1. The summed E-state index contributed by atoms with van der Waals surface area (Å²) in [4.78, 5) is 37.7. The Bertz CT molecular complexity index is 1310. The molecule has 1 unspecified atom stereocenters. The summed E-state index contributed by atoms with van der Waals surface area (Å²) in [5.41, 5.74) is 9.53. The molecule has 1 aliphatic heterocycles. The van der Waals surface area contributed by atoms with Crippen molar-refractivity contribution in [3.63, 3.8) is 0 Å². The van der Waals surface area contributed by atoms with Crippen LogP contribution in [-0.4, -0.2) is 46.3 Å². The van der Waals surface area contributed by atoms with E-state index in [-0.39, 0.29) is 17.6 Å². The van der Waals surface area contributed by atoms with Crippen molar-refractivity contribution >= 4 is 56.5 Å². The summed E-state index contributed by atoms with van der Waals surface area (Å²) in [5.74, 6) is 1.73. The maximum Gasteiger partial charge on any atom is 0.226 e. The van der Waals surface area contributed by atoms with E-state index >= 15 is 0 Å². The third-order valence-electron chi connectivity index (χ3n) is 6.79. The number of nitrogens with one attached hydrogen (secondary N) is 1. The van der Waals surface area contributed by atoms with Gasteiger partial charge in [0.25, 0.3) is 0 Å². The maximum absolute atomic E-state index is 13.1. The van der Waals surface area contributed by atoms with E-state index in [2.05, 4.69) is 21.9 Å². The van der Waals surface area contributed by atoms with Gasteiger partial charge in [0.05, 0.1) is 17.7 Å². The average molecular weight is 492 g/mol. The number of benzene rings is 1. The van der Waals surface area contributed by atoms with Gasteiger partial charge in [-0.15, -0.1) is 11.3 Å². The van der Waals surface area contributed by atoms with Crippen molar-refractivity contribution in [3.8, 4) is 5.75 Å². The third kappa shape index (κ3) is 4.48. The zero-order valence-corrected chi connectivity index (χ0v) is 20.6. The van der Waals surface area contributed by atoms with Crippen LogP contribution in [0.25, 0.3) is 16.3 Å². The first kappa shape index (κ1) is 23.3. The van der Waals surface area contributed by atoms with Crippen molar-refractivity contribution in [2.45, 2.75) is 39.0 Å². The fourth-order valence-electron chi connectivity index (χ4n) is 4.94. The highest BCUT2D eigenvalue weighted by Gasteiger charge is 2.33. The molecular formula is C26H29N5O3S. The smallest absolute Gasteiger partial charge is 0.226 e. The number of fused-ring (bicyclic) bond motifs is 3. The Balaban J connectivity index is 1.44. The molecule has 1 amide bonds. The molecule has 0 bridgehead atoms. The summed E-state index contributed by atoms with van der Waals surface area (Å²) >= 11 is 1.63. The lowest BCUT2D eigenvalue weighted by Gasteiger charge is -2.31. The monoisotopic (exact) mass is 491 g/mol. The zero-order chi connectivity index (χ0) is 24.5. The fraction of sp³-hybridized carbons (Fsp3) is 0.385. The van der Waals surface area contributed by atoms with E-state index in [1.54, 1.807) is 29.8 Å². The molecule has 2 aliphatic rings. The molecule has 5 rings (SSSR count). The van der Waals surface area contributed by atoms with Crippen LogP contribution in [0.3, 0.4) is 0 Å². The number of carbonyl (C=O) groups excluding carboxylic acids is 2. The van der Waals surface area contributed by atoms with Gasteiger partial charge in [-0.2, -0.15) is 0 Å². The number of rotatable bonds is 6. The molecule has 2 aromatic heterocycles. The van der Waals surface area contributed by atoms with Crippen molar-refractivity contribution in [1.29, 1.82) is 0 Å². The molecule has 8 nitrogen and oxygen atoms in total. The molecule has 182 valence electrons. The fourth-order valence-corrected chi connectivity index (χ4v) is 6.21. The number of aryl methyl sites for hydroxylation is 1.